The number of thiophene rings is 1. The number of benzene rings is 1. The fraction of sp³-hybridized carbons (Fsp3) is 0.333. The third-order valence-corrected chi connectivity index (χ3v) is 4.34. The summed E-state index contributed by atoms with van der Waals surface area (Å²) < 4.78 is 0. The van der Waals surface area contributed by atoms with E-state index in [1.165, 1.54) is 16.7 Å². The molecule has 0 spiro atoms. The zero-order valence-corrected chi connectivity index (χ0v) is 11.3. The minimum atomic E-state index is -0.773. The molecular weight excluding hydrogens is 228 g/mol. The second-order valence-corrected chi connectivity index (χ2v) is 5.75. The van der Waals surface area contributed by atoms with Crippen LogP contribution >= 0.6 is 11.3 Å². The molecule has 0 saturated carbocycles. The van der Waals surface area contributed by atoms with Gasteiger partial charge in [0.2, 0.25) is 0 Å². The molecule has 0 amide bonds. The van der Waals surface area contributed by atoms with E-state index in [0.29, 0.717) is 6.42 Å². The van der Waals surface area contributed by atoms with Crippen molar-refractivity contribution in [1.82, 2.24) is 0 Å². The summed E-state index contributed by atoms with van der Waals surface area (Å²) in [5, 5.41) is 12.6. The lowest BCUT2D eigenvalue weighted by Gasteiger charge is -2.24. The molecule has 0 aliphatic rings. The predicted molar refractivity (Wildman–Crippen MR) is 73.5 cm³/mol. The maximum Gasteiger partial charge on any atom is 0.1000 e. The lowest BCUT2D eigenvalue weighted by Crippen LogP contribution is -2.23. The molecule has 0 fully saturated rings. The Morgan fingerprint density at radius 2 is 1.76 bits per heavy atom. The van der Waals surface area contributed by atoms with Crippen molar-refractivity contribution >= 4 is 11.3 Å². The smallest absolute Gasteiger partial charge is 0.1000 e. The zero-order valence-electron chi connectivity index (χ0n) is 10.5. The third kappa shape index (κ3) is 2.59. The lowest BCUT2D eigenvalue weighted by molar-refractivity contribution is 0.0611. The van der Waals surface area contributed by atoms with E-state index in [2.05, 4.69) is 32.0 Å². The Morgan fingerprint density at radius 3 is 2.29 bits per heavy atom. The van der Waals surface area contributed by atoms with Crippen molar-refractivity contribution in [2.45, 2.75) is 32.8 Å². The molecule has 1 nitrogen and oxygen atoms in total. The molecule has 0 bridgehead atoms. The standard InChI is InChI=1S/C15H18OS/c1-11-6-4-7-12(2)13(11)10-15(3,16)14-8-5-9-17-14/h4-9,16H,10H2,1-3H3. The SMILES string of the molecule is Cc1cccc(C)c1CC(C)(O)c1cccs1. The van der Waals surface area contributed by atoms with Crippen molar-refractivity contribution in [1.29, 1.82) is 0 Å². The number of aliphatic hydroxyl groups is 1. The van der Waals surface area contributed by atoms with Gasteiger partial charge < -0.3 is 5.11 Å². The highest BCUT2D eigenvalue weighted by atomic mass is 32.1. The predicted octanol–water partition coefficient (Wildman–Crippen LogP) is 3.82. The summed E-state index contributed by atoms with van der Waals surface area (Å²) in [6.07, 6.45) is 0.673. The highest BCUT2D eigenvalue weighted by Gasteiger charge is 2.25. The van der Waals surface area contributed by atoms with Gasteiger partial charge in [0.05, 0.1) is 5.60 Å². The first-order valence-electron chi connectivity index (χ1n) is 5.82. The molecule has 1 heterocycles. The van der Waals surface area contributed by atoms with Crippen molar-refractivity contribution in [3.05, 3.63) is 57.3 Å². The van der Waals surface area contributed by atoms with Crippen LogP contribution in [0.25, 0.3) is 0 Å². The molecule has 2 aromatic rings. The molecule has 0 saturated heterocycles. The van der Waals surface area contributed by atoms with Crippen LogP contribution in [0.5, 0.6) is 0 Å². The Balaban J connectivity index is 2.32. The molecule has 0 radical (unpaired) electrons. The monoisotopic (exact) mass is 246 g/mol. The average Bonchev–Trinajstić information content (AvgIpc) is 2.77. The van der Waals surface area contributed by atoms with E-state index in [0.717, 1.165) is 4.88 Å². The highest BCUT2D eigenvalue weighted by molar-refractivity contribution is 7.10. The van der Waals surface area contributed by atoms with Gasteiger partial charge in [-0.05, 0) is 48.9 Å². The Kier molecular flexibility index (Phi) is 3.36. The van der Waals surface area contributed by atoms with E-state index in [9.17, 15) is 5.11 Å². The molecule has 2 heteroatoms. The summed E-state index contributed by atoms with van der Waals surface area (Å²) in [6.45, 7) is 6.10. The third-order valence-electron chi connectivity index (χ3n) is 3.22. The van der Waals surface area contributed by atoms with Gasteiger partial charge in [-0.3, -0.25) is 0 Å². The number of hydrogen-bond acceptors (Lipinski definition) is 2. The maximum absolute atomic E-state index is 10.6. The van der Waals surface area contributed by atoms with Crippen LogP contribution in [0, 0.1) is 13.8 Å². The van der Waals surface area contributed by atoms with Crippen molar-refractivity contribution in [2.24, 2.45) is 0 Å². The Bertz CT molecular complexity index is 477. The Labute approximate surface area is 107 Å². The highest BCUT2D eigenvalue weighted by Crippen LogP contribution is 2.30. The molecular formula is C15H18OS. The largest absolute Gasteiger partial charge is 0.384 e. The molecule has 1 aromatic carbocycles. The van der Waals surface area contributed by atoms with Crippen LogP contribution in [-0.2, 0) is 12.0 Å². The summed E-state index contributed by atoms with van der Waals surface area (Å²) in [6, 6.07) is 10.3. The van der Waals surface area contributed by atoms with Crippen LogP contribution in [0.1, 0.15) is 28.5 Å². The molecule has 1 N–H and O–H groups in total. The number of hydrogen-bond donors (Lipinski definition) is 1. The molecule has 17 heavy (non-hydrogen) atoms. The topological polar surface area (TPSA) is 20.2 Å². The normalized spacial score (nSPS) is 14.6. The van der Waals surface area contributed by atoms with E-state index in [-0.39, 0.29) is 0 Å². The Morgan fingerprint density at radius 1 is 1.12 bits per heavy atom. The van der Waals surface area contributed by atoms with Crippen molar-refractivity contribution in [2.75, 3.05) is 0 Å². The van der Waals surface area contributed by atoms with Gasteiger partial charge in [-0.25, -0.2) is 0 Å². The van der Waals surface area contributed by atoms with Gasteiger partial charge in [0.25, 0.3) is 0 Å². The van der Waals surface area contributed by atoms with Gasteiger partial charge in [0.1, 0.15) is 0 Å². The summed E-state index contributed by atoms with van der Waals surface area (Å²) in [4.78, 5) is 1.03. The zero-order chi connectivity index (χ0) is 12.5. The van der Waals surface area contributed by atoms with E-state index < -0.39 is 5.60 Å². The molecule has 2 rings (SSSR count). The van der Waals surface area contributed by atoms with Gasteiger partial charge >= 0.3 is 0 Å². The van der Waals surface area contributed by atoms with Gasteiger partial charge in [-0.1, -0.05) is 24.3 Å². The van der Waals surface area contributed by atoms with E-state index in [1.807, 2.05) is 24.4 Å². The molecule has 0 aliphatic carbocycles. The van der Waals surface area contributed by atoms with Crippen molar-refractivity contribution < 1.29 is 5.11 Å². The maximum atomic E-state index is 10.6. The minimum absolute atomic E-state index is 0.673. The summed E-state index contributed by atoms with van der Waals surface area (Å²) in [5.74, 6) is 0. The molecule has 90 valence electrons. The summed E-state index contributed by atoms with van der Waals surface area (Å²) in [7, 11) is 0. The first-order valence-corrected chi connectivity index (χ1v) is 6.70. The Hall–Kier alpha value is -1.12. The van der Waals surface area contributed by atoms with Gasteiger partial charge in [0.15, 0.2) is 0 Å². The van der Waals surface area contributed by atoms with Crippen LogP contribution in [0.4, 0.5) is 0 Å². The van der Waals surface area contributed by atoms with Crippen LogP contribution in [0.2, 0.25) is 0 Å². The summed E-state index contributed by atoms with van der Waals surface area (Å²) >= 11 is 1.61. The van der Waals surface area contributed by atoms with E-state index >= 15 is 0 Å². The second kappa shape index (κ2) is 4.63. The molecule has 1 unspecified atom stereocenters. The molecule has 1 atom stereocenters. The quantitative estimate of drug-likeness (QED) is 0.873. The minimum Gasteiger partial charge on any atom is -0.384 e. The van der Waals surface area contributed by atoms with E-state index in [1.54, 1.807) is 11.3 Å². The fourth-order valence-corrected chi connectivity index (χ4v) is 2.93. The molecule has 1 aromatic heterocycles. The van der Waals surface area contributed by atoms with Gasteiger partial charge in [-0.2, -0.15) is 0 Å². The van der Waals surface area contributed by atoms with Crippen LogP contribution in [-0.4, -0.2) is 5.11 Å². The van der Waals surface area contributed by atoms with Crippen LogP contribution in [0.3, 0.4) is 0 Å². The van der Waals surface area contributed by atoms with Gasteiger partial charge in [0, 0.05) is 11.3 Å². The number of aryl methyl sites for hydroxylation is 2. The lowest BCUT2D eigenvalue weighted by atomic mass is 9.90. The summed E-state index contributed by atoms with van der Waals surface area (Å²) in [5.41, 5.74) is 2.99. The van der Waals surface area contributed by atoms with E-state index in [4.69, 9.17) is 0 Å². The van der Waals surface area contributed by atoms with Crippen LogP contribution in [0.15, 0.2) is 35.7 Å². The van der Waals surface area contributed by atoms with Crippen LogP contribution < -0.4 is 0 Å². The van der Waals surface area contributed by atoms with Crippen molar-refractivity contribution in [3.8, 4) is 0 Å². The van der Waals surface area contributed by atoms with Crippen molar-refractivity contribution in [3.63, 3.8) is 0 Å². The second-order valence-electron chi connectivity index (χ2n) is 4.80. The fourth-order valence-electron chi connectivity index (χ4n) is 2.14. The van der Waals surface area contributed by atoms with Gasteiger partial charge in [-0.15, -0.1) is 11.3 Å². The number of rotatable bonds is 3. The first-order chi connectivity index (χ1) is 8.00. The average molecular weight is 246 g/mol. The first kappa shape index (κ1) is 12.3. The molecule has 0 aliphatic heterocycles.